The lowest BCUT2D eigenvalue weighted by atomic mass is 9.63. The Balaban J connectivity index is 1.20. The van der Waals surface area contributed by atoms with E-state index in [0.717, 1.165) is 12.0 Å². The highest BCUT2D eigenvalue weighted by atomic mass is 16.5. The van der Waals surface area contributed by atoms with Crippen molar-refractivity contribution in [3.63, 3.8) is 0 Å². The van der Waals surface area contributed by atoms with Crippen molar-refractivity contribution >= 4 is 23.3 Å². The van der Waals surface area contributed by atoms with Gasteiger partial charge in [0, 0.05) is 11.6 Å². The Morgan fingerprint density at radius 1 is 0.968 bits per heavy atom. The van der Waals surface area contributed by atoms with E-state index in [4.69, 9.17) is 4.74 Å². The molecule has 4 aliphatic carbocycles. The first-order valence-corrected chi connectivity index (χ1v) is 10.9. The molecule has 0 spiro atoms. The van der Waals surface area contributed by atoms with Gasteiger partial charge in [-0.2, -0.15) is 0 Å². The van der Waals surface area contributed by atoms with Gasteiger partial charge in [0.2, 0.25) is 11.8 Å². The zero-order valence-electron chi connectivity index (χ0n) is 17.2. The van der Waals surface area contributed by atoms with Crippen molar-refractivity contribution in [2.24, 2.45) is 35.5 Å². The molecule has 0 radical (unpaired) electrons. The number of aryl methyl sites for hydroxylation is 1. The fourth-order valence-corrected chi connectivity index (χ4v) is 5.90. The zero-order chi connectivity index (χ0) is 21.3. The van der Waals surface area contributed by atoms with Crippen molar-refractivity contribution < 1.29 is 19.1 Å². The molecule has 1 saturated heterocycles. The Hall–Kier alpha value is -3.21. The van der Waals surface area contributed by atoms with Crippen molar-refractivity contribution in [2.45, 2.75) is 13.3 Å². The van der Waals surface area contributed by atoms with Crippen LogP contribution in [-0.2, 0) is 9.59 Å². The minimum absolute atomic E-state index is 0.0902. The van der Waals surface area contributed by atoms with E-state index in [9.17, 15) is 14.4 Å². The quantitative estimate of drug-likeness (QED) is 0.425. The number of amides is 2. The number of ether oxygens (including phenoxy) is 1. The summed E-state index contributed by atoms with van der Waals surface area (Å²) < 4.78 is 5.71. The molecular weight excluding hydrogens is 390 g/mol. The minimum atomic E-state index is -0.223. The van der Waals surface area contributed by atoms with E-state index in [1.165, 1.54) is 4.90 Å². The molecular formula is C26H23NO4. The summed E-state index contributed by atoms with van der Waals surface area (Å²) in [6.07, 6.45) is 5.49. The molecule has 2 aromatic carbocycles. The van der Waals surface area contributed by atoms with Crippen LogP contribution in [-0.4, -0.2) is 24.2 Å². The predicted molar refractivity (Wildman–Crippen MR) is 115 cm³/mol. The van der Waals surface area contributed by atoms with Gasteiger partial charge in [0.05, 0.1) is 17.5 Å². The lowest BCUT2D eigenvalue weighted by Gasteiger charge is -2.37. The largest absolute Gasteiger partial charge is 0.485 e. The molecule has 5 nitrogen and oxygen atoms in total. The van der Waals surface area contributed by atoms with Crippen molar-refractivity contribution in [3.05, 3.63) is 71.8 Å². The van der Waals surface area contributed by atoms with Crippen molar-refractivity contribution in [3.8, 4) is 5.75 Å². The van der Waals surface area contributed by atoms with E-state index in [-0.39, 0.29) is 47.9 Å². The van der Waals surface area contributed by atoms with Crippen LogP contribution in [0.25, 0.3) is 0 Å². The minimum Gasteiger partial charge on any atom is -0.485 e. The SMILES string of the molecule is Cc1ccc(C(=O)COc2cccc(N3C(=O)[C@@H]4[C@H]5C=C[C@@H]([C@@H]6C[C@H]56)[C@H]4C3=O)c2)cc1. The summed E-state index contributed by atoms with van der Waals surface area (Å²) in [4.78, 5) is 40.3. The number of Topliss-reactive ketones (excluding diaryl/α,β-unsaturated/α-hetero) is 1. The summed E-state index contributed by atoms with van der Waals surface area (Å²) in [5.74, 6) is 1.29. The van der Waals surface area contributed by atoms with Gasteiger partial charge < -0.3 is 4.74 Å². The third kappa shape index (κ3) is 2.79. The molecule has 31 heavy (non-hydrogen) atoms. The Labute approximate surface area is 180 Å². The molecule has 1 heterocycles. The molecule has 2 bridgehead atoms. The number of rotatable bonds is 5. The van der Waals surface area contributed by atoms with Crippen LogP contribution in [0.3, 0.4) is 0 Å². The second-order valence-electron chi connectivity index (χ2n) is 9.24. The van der Waals surface area contributed by atoms with Crippen LogP contribution in [0, 0.1) is 42.4 Å². The van der Waals surface area contributed by atoms with Gasteiger partial charge >= 0.3 is 0 Å². The van der Waals surface area contributed by atoms with Crippen LogP contribution in [0.1, 0.15) is 22.3 Å². The maximum Gasteiger partial charge on any atom is 0.238 e. The molecule has 5 heteroatoms. The molecule has 7 rings (SSSR count). The lowest BCUT2D eigenvalue weighted by Crippen LogP contribution is -2.40. The number of benzene rings is 2. The maximum absolute atomic E-state index is 13.3. The molecule has 0 aromatic heterocycles. The second kappa shape index (κ2) is 6.64. The first-order valence-electron chi connectivity index (χ1n) is 10.9. The Bertz CT molecular complexity index is 1100. The van der Waals surface area contributed by atoms with E-state index in [1.807, 2.05) is 19.1 Å². The molecule has 1 aliphatic heterocycles. The maximum atomic E-state index is 13.3. The number of allylic oxidation sites excluding steroid dienone is 2. The molecule has 156 valence electrons. The number of carbonyl (C=O) groups excluding carboxylic acids is 3. The molecule has 2 aromatic rings. The molecule has 5 aliphatic rings. The second-order valence-corrected chi connectivity index (χ2v) is 9.24. The fraction of sp³-hybridized carbons (Fsp3) is 0.346. The third-order valence-electron chi connectivity index (χ3n) is 7.48. The monoisotopic (exact) mass is 413 g/mol. The predicted octanol–water partition coefficient (Wildman–Crippen LogP) is 3.81. The number of ketones is 1. The van der Waals surface area contributed by atoms with E-state index in [0.29, 0.717) is 28.8 Å². The molecule has 2 saturated carbocycles. The third-order valence-corrected chi connectivity index (χ3v) is 7.48. The summed E-state index contributed by atoms with van der Waals surface area (Å²) in [6, 6.07) is 14.3. The van der Waals surface area contributed by atoms with E-state index >= 15 is 0 Å². The lowest BCUT2D eigenvalue weighted by molar-refractivity contribution is -0.124. The van der Waals surface area contributed by atoms with Crippen molar-refractivity contribution in [1.29, 1.82) is 0 Å². The summed E-state index contributed by atoms with van der Waals surface area (Å²) >= 11 is 0. The summed E-state index contributed by atoms with van der Waals surface area (Å²) in [6.45, 7) is 1.87. The van der Waals surface area contributed by atoms with Crippen LogP contribution in [0.4, 0.5) is 5.69 Å². The number of anilines is 1. The van der Waals surface area contributed by atoms with Crippen molar-refractivity contribution in [1.82, 2.24) is 0 Å². The Morgan fingerprint density at radius 3 is 2.26 bits per heavy atom. The van der Waals surface area contributed by atoms with Crippen LogP contribution < -0.4 is 9.64 Å². The Morgan fingerprint density at radius 2 is 1.61 bits per heavy atom. The van der Waals surface area contributed by atoms with E-state index < -0.39 is 0 Å². The van der Waals surface area contributed by atoms with Crippen molar-refractivity contribution in [2.75, 3.05) is 11.5 Å². The number of hydrogen-bond donors (Lipinski definition) is 0. The van der Waals surface area contributed by atoms with Gasteiger partial charge in [-0.3, -0.25) is 14.4 Å². The number of hydrogen-bond acceptors (Lipinski definition) is 4. The summed E-state index contributed by atoms with van der Waals surface area (Å²) in [7, 11) is 0. The number of carbonyl (C=O) groups is 3. The van der Waals surface area contributed by atoms with E-state index in [1.54, 1.807) is 36.4 Å². The van der Waals surface area contributed by atoms with Gasteiger partial charge in [-0.25, -0.2) is 4.90 Å². The standard InChI is InChI=1S/C26H23NO4/c1-14-5-7-15(8-6-14)22(28)13-31-17-4-2-3-16(11-17)27-25(29)23-18-9-10-19(21-12-20(18)21)24(23)26(27)30/h2-11,18-21,23-24H,12-13H2,1H3/t18-,19-,20-,21+,23+,24+/m0/s1. The normalized spacial score (nSPS) is 32.1. The zero-order valence-corrected chi connectivity index (χ0v) is 17.2. The van der Waals surface area contributed by atoms with Crippen LogP contribution in [0.5, 0.6) is 5.75 Å². The number of nitrogens with zero attached hydrogens (tertiary/aromatic N) is 1. The fourth-order valence-electron chi connectivity index (χ4n) is 5.90. The molecule has 0 N–H and O–H groups in total. The highest BCUT2D eigenvalue weighted by Crippen LogP contribution is 2.65. The smallest absolute Gasteiger partial charge is 0.238 e. The van der Waals surface area contributed by atoms with Crippen LogP contribution in [0.15, 0.2) is 60.7 Å². The average Bonchev–Trinajstić information content (AvgIpc) is 3.56. The highest BCUT2D eigenvalue weighted by molar-refractivity contribution is 6.22. The number of imide groups is 1. The Kier molecular flexibility index (Phi) is 3.98. The summed E-state index contributed by atoms with van der Waals surface area (Å²) in [5, 5.41) is 0. The van der Waals surface area contributed by atoms with Gasteiger partial charge in [-0.15, -0.1) is 0 Å². The van der Waals surface area contributed by atoms with Gasteiger partial charge in [0.15, 0.2) is 12.4 Å². The van der Waals surface area contributed by atoms with Crippen LogP contribution in [0.2, 0.25) is 0 Å². The molecule has 2 amide bonds. The molecule has 6 atom stereocenters. The molecule has 0 unspecified atom stereocenters. The van der Waals surface area contributed by atoms with Gasteiger partial charge in [0.1, 0.15) is 5.75 Å². The van der Waals surface area contributed by atoms with Gasteiger partial charge in [-0.1, -0.05) is 48.0 Å². The summed E-state index contributed by atoms with van der Waals surface area (Å²) in [5.41, 5.74) is 2.21. The first-order chi connectivity index (χ1) is 15.0. The average molecular weight is 413 g/mol. The first kappa shape index (κ1) is 18.6. The van der Waals surface area contributed by atoms with Gasteiger partial charge in [-0.05, 0) is 49.1 Å². The van der Waals surface area contributed by atoms with Gasteiger partial charge in [0.25, 0.3) is 0 Å². The molecule has 3 fully saturated rings. The van der Waals surface area contributed by atoms with E-state index in [2.05, 4.69) is 12.2 Å². The van der Waals surface area contributed by atoms with Crippen LogP contribution >= 0.6 is 0 Å². The topological polar surface area (TPSA) is 63.7 Å². The highest BCUT2D eigenvalue weighted by Gasteiger charge is 2.67.